The lowest BCUT2D eigenvalue weighted by Gasteiger charge is -2.43. The first-order valence-corrected chi connectivity index (χ1v) is 27.9. The molecule has 1 aliphatic carbocycles. The number of carbonyl (C=O) groups is 5. The Kier molecular flexibility index (Phi) is 45.4. The molecule has 2 fully saturated rings. The number of hydrogen-bond donors (Lipinski definition) is 2. The van der Waals surface area contributed by atoms with E-state index >= 15 is 0 Å². The van der Waals surface area contributed by atoms with Crippen LogP contribution in [0.5, 0.6) is 0 Å². The van der Waals surface area contributed by atoms with Crippen molar-refractivity contribution in [2.24, 2.45) is 35.3 Å². The van der Waals surface area contributed by atoms with E-state index in [4.69, 9.17) is 14.2 Å². The van der Waals surface area contributed by atoms with Crippen LogP contribution in [0.15, 0.2) is 59.3 Å². The molecule has 1 saturated carbocycles. The highest BCUT2D eigenvalue weighted by atomic mass is 16.6. The van der Waals surface area contributed by atoms with Crippen LogP contribution in [0.1, 0.15) is 225 Å². The second-order valence-corrected chi connectivity index (χ2v) is 19.8. The average molecular weight is 1020 g/mol. The zero-order chi connectivity index (χ0) is 55.7. The van der Waals surface area contributed by atoms with Gasteiger partial charge in [-0.05, 0) is 117 Å². The van der Waals surface area contributed by atoms with Crippen molar-refractivity contribution in [1.29, 1.82) is 0 Å². The third-order valence-electron chi connectivity index (χ3n) is 13.6. The van der Waals surface area contributed by atoms with Crippen molar-refractivity contribution in [3.63, 3.8) is 0 Å². The van der Waals surface area contributed by atoms with Gasteiger partial charge in [0.25, 0.3) is 0 Å². The SMILES string of the molecule is CC.CC.CC/C=C(/C(C)=O)C1(O)OC(CC/C(C)=C/C=C/C=C/CC[C@@H](C)C(=O)[C@@H](C/C(C)=C/CC(=O)CC[C@H](C)CC2CCCC(OC)C2)OC)CCC1C.CCCCCC(C)C(C)=O.COC(N)=O. The van der Waals surface area contributed by atoms with E-state index in [1.807, 2.05) is 93.7 Å². The van der Waals surface area contributed by atoms with Crippen LogP contribution in [-0.2, 0) is 38.1 Å². The van der Waals surface area contributed by atoms with Crippen LogP contribution < -0.4 is 5.73 Å². The molecule has 0 spiro atoms. The summed E-state index contributed by atoms with van der Waals surface area (Å²) in [6.45, 7) is 27.6. The van der Waals surface area contributed by atoms with E-state index in [0.717, 1.165) is 63.4 Å². The number of allylic oxidation sites excluding steroid dienone is 8. The van der Waals surface area contributed by atoms with E-state index in [1.54, 1.807) is 20.1 Å². The number of hydrogen-bond acceptors (Lipinski definition) is 10. The van der Waals surface area contributed by atoms with Crippen LogP contribution in [0.25, 0.3) is 0 Å². The molecule has 11 heteroatoms. The standard InChI is InChI=1S/C46H74O7.C9H18O.C2H5NO2.2C2H6/c1-10-17-43(38(7)47)46(50)37(6)25-29-41(53-46)28-24-33(2)18-14-12-11-13-15-19-36(5)45(49)44(52-9)31-35(4)23-27-40(48)26-22-34(3)30-39-20-16-21-42(32-39)51-8;1-4-5-6-7-8(2)9(3)10;1-5-2(3)4;2*1-2/h11-14,17-18,23,34,36-37,39,41-42,44,50H,10,15-16,19-22,24-32H2,1-9H3;8H,4-7H2,1-3H3;1H3,(H2,3,4);2*1-2H3/b13-11+,14-12+,33-18+,35-23+,43-17-;;;;/t34-,36+,37?,39?,41?,42?,44+,46?;;;;/m0..../s1. The zero-order valence-corrected chi connectivity index (χ0v) is 49.0. The monoisotopic (exact) mass is 1020 g/mol. The number of nitrogens with two attached hydrogens (primary N) is 1. The molecule has 9 atom stereocenters. The Morgan fingerprint density at radius 2 is 1.46 bits per heavy atom. The van der Waals surface area contributed by atoms with Gasteiger partial charge in [0.15, 0.2) is 17.4 Å². The number of aliphatic hydroxyl groups is 1. The van der Waals surface area contributed by atoms with E-state index in [-0.39, 0.29) is 41.2 Å². The highest BCUT2D eigenvalue weighted by molar-refractivity contribution is 5.95. The summed E-state index contributed by atoms with van der Waals surface area (Å²) in [5.74, 6) is 0.331. The van der Waals surface area contributed by atoms with Crippen molar-refractivity contribution < 1.29 is 48.0 Å². The van der Waals surface area contributed by atoms with Crippen LogP contribution in [0.3, 0.4) is 0 Å². The maximum atomic E-state index is 13.2. The highest BCUT2D eigenvalue weighted by Gasteiger charge is 2.45. The first-order chi connectivity index (χ1) is 34.2. The number of rotatable bonds is 29. The summed E-state index contributed by atoms with van der Waals surface area (Å²) in [6, 6.07) is 0. The molecule has 0 aromatic carbocycles. The van der Waals surface area contributed by atoms with Gasteiger partial charge in [-0.2, -0.15) is 0 Å². The molecule has 1 amide bonds. The number of ether oxygens (including phenoxy) is 4. The molecule has 6 unspecified atom stereocenters. The molecule has 72 heavy (non-hydrogen) atoms. The Morgan fingerprint density at radius 1 is 0.806 bits per heavy atom. The lowest BCUT2D eigenvalue weighted by atomic mass is 9.80. The Labute approximate surface area is 441 Å². The fourth-order valence-electron chi connectivity index (χ4n) is 8.81. The van der Waals surface area contributed by atoms with Gasteiger partial charge in [0.1, 0.15) is 17.7 Å². The summed E-state index contributed by atoms with van der Waals surface area (Å²) < 4.78 is 21.3. The van der Waals surface area contributed by atoms with Crippen molar-refractivity contribution >= 4 is 29.2 Å². The Bertz CT molecular complexity index is 1630. The topological polar surface area (TPSA) is 169 Å². The van der Waals surface area contributed by atoms with Gasteiger partial charge in [-0.25, -0.2) is 4.79 Å². The van der Waals surface area contributed by atoms with Crippen molar-refractivity contribution in [2.45, 2.75) is 249 Å². The summed E-state index contributed by atoms with van der Waals surface area (Å²) in [5, 5.41) is 11.3. The first-order valence-electron chi connectivity index (χ1n) is 27.9. The number of carbonyl (C=O) groups excluding carboxylic acids is 5. The Morgan fingerprint density at radius 3 is 2.01 bits per heavy atom. The van der Waals surface area contributed by atoms with Crippen LogP contribution in [0.4, 0.5) is 4.79 Å². The molecule has 11 nitrogen and oxygen atoms in total. The van der Waals surface area contributed by atoms with Gasteiger partial charge < -0.3 is 29.8 Å². The molecule has 0 aromatic heterocycles. The summed E-state index contributed by atoms with van der Waals surface area (Å²) in [6.07, 6.45) is 31.9. The molecule has 0 bridgehead atoms. The molecule has 1 aliphatic heterocycles. The van der Waals surface area contributed by atoms with E-state index in [9.17, 15) is 29.1 Å². The van der Waals surface area contributed by atoms with Crippen molar-refractivity contribution in [3.8, 4) is 0 Å². The quantitative estimate of drug-likeness (QED) is 0.0318. The molecular weight excluding hydrogens is 907 g/mol. The van der Waals surface area contributed by atoms with Crippen molar-refractivity contribution in [1.82, 2.24) is 0 Å². The molecule has 418 valence electrons. The second-order valence-electron chi connectivity index (χ2n) is 19.8. The van der Waals surface area contributed by atoms with Gasteiger partial charge in [-0.3, -0.25) is 19.2 Å². The van der Waals surface area contributed by atoms with Gasteiger partial charge >= 0.3 is 6.09 Å². The van der Waals surface area contributed by atoms with Crippen molar-refractivity contribution in [3.05, 3.63) is 59.3 Å². The van der Waals surface area contributed by atoms with Crippen LogP contribution in [-0.4, -0.2) is 79.8 Å². The number of primary amides is 1. The molecule has 0 aromatic rings. The third kappa shape index (κ3) is 34.1. The van der Waals surface area contributed by atoms with E-state index in [2.05, 4.69) is 43.4 Å². The van der Waals surface area contributed by atoms with Crippen LogP contribution in [0.2, 0.25) is 0 Å². The minimum atomic E-state index is -1.51. The Balaban J connectivity index is -0.00000212. The Hall–Kier alpha value is -3.51. The molecule has 1 saturated heterocycles. The average Bonchev–Trinajstić information content (AvgIpc) is 3.37. The predicted octanol–water partition coefficient (Wildman–Crippen LogP) is 15.1. The second kappa shape index (κ2) is 44.9. The van der Waals surface area contributed by atoms with Gasteiger partial charge in [-0.15, -0.1) is 0 Å². The predicted molar refractivity (Wildman–Crippen MR) is 300 cm³/mol. The highest BCUT2D eigenvalue weighted by Crippen LogP contribution is 2.39. The van der Waals surface area contributed by atoms with E-state index in [1.165, 1.54) is 64.6 Å². The van der Waals surface area contributed by atoms with E-state index in [0.29, 0.717) is 55.0 Å². The molecule has 1 heterocycles. The summed E-state index contributed by atoms with van der Waals surface area (Å²) >= 11 is 0. The molecular formula is C61H109NO10. The molecule has 3 N–H and O–H groups in total. The number of unbranched alkanes of at least 4 members (excludes halogenated alkanes) is 2. The lowest BCUT2D eigenvalue weighted by Crippen LogP contribution is -2.49. The maximum absolute atomic E-state index is 13.2. The third-order valence-corrected chi connectivity index (χ3v) is 13.6. The largest absolute Gasteiger partial charge is 0.453 e. The maximum Gasteiger partial charge on any atom is 0.404 e. The minimum absolute atomic E-state index is 0.0973. The van der Waals surface area contributed by atoms with Crippen LogP contribution in [0, 0.1) is 29.6 Å². The van der Waals surface area contributed by atoms with Gasteiger partial charge in [-0.1, -0.05) is 155 Å². The minimum Gasteiger partial charge on any atom is -0.453 e. The number of amides is 1. The fraction of sp³-hybridized carbons (Fsp3) is 0.754. The van der Waals surface area contributed by atoms with Crippen molar-refractivity contribution in [2.75, 3.05) is 21.3 Å². The van der Waals surface area contributed by atoms with Gasteiger partial charge in [0.05, 0.1) is 19.3 Å². The molecule has 2 aliphatic rings. The molecule has 2 rings (SSSR count). The lowest BCUT2D eigenvalue weighted by molar-refractivity contribution is -0.255. The number of methoxy groups -OCH3 is 3. The van der Waals surface area contributed by atoms with Gasteiger partial charge in [0.2, 0.25) is 0 Å². The summed E-state index contributed by atoms with van der Waals surface area (Å²) in [4.78, 5) is 58.2. The summed E-state index contributed by atoms with van der Waals surface area (Å²) in [5.41, 5.74) is 7.05. The fourth-order valence-corrected chi connectivity index (χ4v) is 8.81. The smallest absolute Gasteiger partial charge is 0.404 e. The molecule has 0 radical (unpaired) electrons. The van der Waals surface area contributed by atoms with Gasteiger partial charge in [0, 0.05) is 56.8 Å². The zero-order valence-electron chi connectivity index (χ0n) is 49.0. The number of Topliss-reactive ketones (excluding diaryl/α,β-unsaturated/α-hetero) is 4. The first kappa shape index (κ1) is 72.7. The van der Waals surface area contributed by atoms with Crippen LogP contribution >= 0.6 is 0 Å². The van der Waals surface area contributed by atoms with E-state index < -0.39 is 18.0 Å². The normalized spacial score (nSPS) is 22.0. The number of ketones is 4. The summed E-state index contributed by atoms with van der Waals surface area (Å²) in [7, 11) is 4.63.